The van der Waals surface area contributed by atoms with Gasteiger partial charge < -0.3 is 5.11 Å². The third-order valence-electron chi connectivity index (χ3n) is 3.07. The van der Waals surface area contributed by atoms with E-state index in [1.807, 2.05) is 6.92 Å². The van der Waals surface area contributed by atoms with E-state index < -0.39 is 21.2 Å². The minimum absolute atomic E-state index is 0.0191. The van der Waals surface area contributed by atoms with E-state index in [1.54, 1.807) is 0 Å². The van der Waals surface area contributed by atoms with Crippen LogP contribution in [0, 0.1) is 5.41 Å². The molecule has 0 aromatic carbocycles. The monoisotopic (exact) mass is 235 g/mol. The summed E-state index contributed by atoms with van der Waals surface area (Å²) in [5.74, 6) is -1.32. The summed E-state index contributed by atoms with van der Waals surface area (Å²) >= 11 is 0. The lowest BCUT2D eigenvalue weighted by Gasteiger charge is -2.38. The van der Waals surface area contributed by atoms with E-state index in [1.165, 1.54) is 6.92 Å². The van der Waals surface area contributed by atoms with Crippen LogP contribution >= 0.6 is 0 Å². The van der Waals surface area contributed by atoms with Crippen molar-refractivity contribution in [3.8, 4) is 0 Å². The van der Waals surface area contributed by atoms with Gasteiger partial charge in [-0.05, 0) is 25.2 Å². The summed E-state index contributed by atoms with van der Waals surface area (Å²) in [6.07, 6.45) is 3.11. The molecule has 0 aliphatic heterocycles. The average Bonchev–Trinajstić information content (AvgIpc) is 2.10. The first-order valence-electron chi connectivity index (χ1n) is 4.98. The normalized spacial score (nSPS) is 21.7. The van der Waals surface area contributed by atoms with Crippen molar-refractivity contribution in [2.45, 2.75) is 38.4 Å². The fourth-order valence-electron chi connectivity index (χ4n) is 1.49. The molecule has 0 radical (unpaired) electrons. The largest absolute Gasteiger partial charge is 0.480 e. The van der Waals surface area contributed by atoms with E-state index in [0.717, 1.165) is 19.3 Å². The van der Waals surface area contributed by atoms with Crippen LogP contribution in [0.1, 0.15) is 33.1 Å². The number of hydrogen-bond acceptors (Lipinski definition) is 3. The molecule has 1 unspecified atom stereocenters. The molecule has 15 heavy (non-hydrogen) atoms. The molecule has 1 aliphatic rings. The Morgan fingerprint density at radius 2 is 2.07 bits per heavy atom. The lowest BCUT2D eigenvalue weighted by atomic mass is 9.71. The van der Waals surface area contributed by atoms with E-state index in [9.17, 15) is 13.2 Å². The Kier molecular flexibility index (Phi) is 3.40. The van der Waals surface area contributed by atoms with Crippen LogP contribution in [0.5, 0.6) is 0 Å². The van der Waals surface area contributed by atoms with Gasteiger partial charge in [-0.2, -0.15) is 0 Å². The van der Waals surface area contributed by atoms with Crippen molar-refractivity contribution in [3.63, 3.8) is 0 Å². The van der Waals surface area contributed by atoms with Crippen molar-refractivity contribution in [3.05, 3.63) is 0 Å². The Labute approximate surface area is 89.9 Å². The summed E-state index contributed by atoms with van der Waals surface area (Å²) in [4.78, 5) is 10.5. The van der Waals surface area contributed by atoms with Crippen LogP contribution in [-0.4, -0.2) is 31.3 Å². The highest BCUT2D eigenvalue weighted by Crippen LogP contribution is 2.39. The minimum Gasteiger partial charge on any atom is -0.480 e. The van der Waals surface area contributed by atoms with E-state index in [4.69, 9.17) is 5.11 Å². The maximum atomic E-state index is 11.5. The van der Waals surface area contributed by atoms with E-state index in [-0.39, 0.29) is 5.41 Å². The molecule has 0 spiro atoms. The van der Waals surface area contributed by atoms with Crippen molar-refractivity contribution in [1.29, 1.82) is 0 Å². The molecular weight excluding hydrogens is 218 g/mol. The van der Waals surface area contributed by atoms with Gasteiger partial charge in [-0.3, -0.25) is 4.79 Å². The molecule has 0 saturated heterocycles. The first kappa shape index (κ1) is 12.4. The zero-order chi connectivity index (χ0) is 11.7. The Bertz CT molecular complexity index is 345. The van der Waals surface area contributed by atoms with Crippen LogP contribution in [0.2, 0.25) is 0 Å². The molecule has 0 heterocycles. The summed E-state index contributed by atoms with van der Waals surface area (Å²) in [7, 11) is -3.72. The zero-order valence-electron chi connectivity index (χ0n) is 8.99. The van der Waals surface area contributed by atoms with Gasteiger partial charge in [-0.1, -0.05) is 13.3 Å². The summed E-state index contributed by atoms with van der Waals surface area (Å²) < 4.78 is 25.3. The summed E-state index contributed by atoms with van der Waals surface area (Å²) in [6.45, 7) is 3.52. The standard InChI is InChI=1S/C9H17NO4S/c1-7(8(11)12)15(13,14)10-6-9(2)4-3-5-9/h7,10H,3-6H2,1-2H3,(H,11,12). The van der Waals surface area contributed by atoms with Gasteiger partial charge in [0.2, 0.25) is 10.0 Å². The average molecular weight is 235 g/mol. The molecule has 0 aromatic heterocycles. The minimum atomic E-state index is -3.72. The van der Waals surface area contributed by atoms with E-state index in [2.05, 4.69) is 4.72 Å². The van der Waals surface area contributed by atoms with E-state index >= 15 is 0 Å². The fourth-order valence-corrected chi connectivity index (χ4v) is 2.55. The quantitative estimate of drug-likeness (QED) is 0.729. The maximum Gasteiger partial charge on any atom is 0.323 e. The van der Waals surface area contributed by atoms with Crippen LogP contribution in [0.25, 0.3) is 0 Å². The molecule has 1 fully saturated rings. The van der Waals surface area contributed by atoms with Crippen LogP contribution in [0.15, 0.2) is 0 Å². The third-order valence-corrected chi connectivity index (χ3v) is 4.75. The SMILES string of the molecule is CC(C(=O)O)S(=O)(=O)NCC1(C)CCC1. The second-order valence-electron chi connectivity index (χ2n) is 4.51. The number of hydrogen-bond donors (Lipinski definition) is 2. The van der Waals surface area contributed by atoms with Gasteiger partial charge >= 0.3 is 5.97 Å². The van der Waals surface area contributed by atoms with Crippen molar-refractivity contribution >= 4 is 16.0 Å². The number of nitrogens with one attached hydrogen (secondary N) is 1. The molecule has 0 aromatic rings. The Hall–Kier alpha value is -0.620. The van der Waals surface area contributed by atoms with Gasteiger partial charge in [0.1, 0.15) is 0 Å². The van der Waals surface area contributed by atoms with Crippen LogP contribution in [0.4, 0.5) is 0 Å². The van der Waals surface area contributed by atoms with Gasteiger partial charge in [0.25, 0.3) is 0 Å². The van der Waals surface area contributed by atoms with Gasteiger partial charge in [0.15, 0.2) is 5.25 Å². The molecular formula is C9H17NO4S. The molecule has 1 rings (SSSR count). The van der Waals surface area contributed by atoms with Gasteiger partial charge in [-0.15, -0.1) is 0 Å². The Morgan fingerprint density at radius 3 is 2.40 bits per heavy atom. The maximum absolute atomic E-state index is 11.5. The molecule has 0 amide bonds. The topological polar surface area (TPSA) is 83.5 Å². The fraction of sp³-hybridized carbons (Fsp3) is 0.889. The first-order chi connectivity index (χ1) is 6.77. The molecule has 6 heteroatoms. The number of carbonyl (C=O) groups is 1. The number of rotatable bonds is 5. The lowest BCUT2D eigenvalue weighted by Crippen LogP contribution is -2.44. The van der Waals surface area contributed by atoms with Crippen LogP contribution in [0.3, 0.4) is 0 Å². The van der Waals surface area contributed by atoms with E-state index in [0.29, 0.717) is 6.54 Å². The third kappa shape index (κ3) is 2.92. The van der Waals surface area contributed by atoms with Gasteiger partial charge in [0.05, 0.1) is 0 Å². The number of aliphatic carboxylic acids is 1. The summed E-state index contributed by atoms with van der Waals surface area (Å²) in [5.41, 5.74) is 0.0191. The molecule has 1 aliphatic carbocycles. The molecule has 0 bridgehead atoms. The highest BCUT2D eigenvalue weighted by molar-refractivity contribution is 7.90. The van der Waals surface area contributed by atoms with Gasteiger partial charge in [0, 0.05) is 6.54 Å². The molecule has 1 atom stereocenters. The van der Waals surface area contributed by atoms with Crippen molar-refractivity contribution in [2.24, 2.45) is 5.41 Å². The first-order valence-corrected chi connectivity index (χ1v) is 6.53. The molecule has 1 saturated carbocycles. The summed E-state index contributed by atoms with van der Waals surface area (Å²) in [6, 6.07) is 0. The molecule has 88 valence electrons. The number of sulfonamides is 1. The Balaban J connectivity index is 2.53. The Morgan fingerprint density at radius 1 is 1.53 bits per heavy atom. The van der Waals surface area contributed by atoms with Crippen molar-refractivity contribution in [1.82, 2.24) is 4.72 Å². The number of carboxylic acid groups (broad SMARTS) is 1. The molecule has 2 N–H and O–H groups in total. The van der Waals surface area contributed by atoms with Crippen molar-refractivity contribution < 1.29 is 18.3 Å². The zero-order valence-corrected chi connectivity index (χ0v) is 9.80. The van der Waals surface area contributed by atoms with Crippen molar-refractivity contribution in [2.75, 3.05) is 6.54 Å². The highest BCUT2D eigenvalue weighted by Gasteiger charge is 2.35. The van der Waals surface area contributed by atoms with Gasteiger partial charge in [-0.25, -0.2) is 13.1 Å². The predicted octanol–water partition coefficient (Wildman–Crippen LogP) is 0.569. The van der Waals surface area contributed by atoms with Crippen LogP contribution < -0.4 is 4.72 Å². The second-order valence-corrected chi connectivity index (χ2v) is 6.60. The predicted molar refractivity (Wildman–Crippen MR) is 56.0 cm³/mol. The molecule has 5 nitrogen and oxygen atoms in total. The van der Waals surface area contributed by atoms with Crippen LogP contribution in [-0.2, 0) is 14.8 Å². The lowest BCUT2D eigenvalue weighted by molar-refractivity contribution is -0.136. The second kappa shape index (κ2) is 4.09. The smallest absolute Gasteiger partial charge is 0.323 e. The number of carboxylic acids is 1. The highest BCUT2D eigenvalue weighted by atomic mass is 32.2. The summed E-state index contributed by atoms with van der Waals surface area (Å²) in [5, 5.41) is 7.21.